The third-order valence-electron chi connectivity index (χ3n) is 6.08. The SMILES string of the molecule is O=C(OCCS(=O)(=O)O)C12CC3CC(C1)CC(C(=O)OCCS(=O)(=O)O)(C3)C2. The fourth-order valence-corrected chi connectivity index (χ4v) is 6.11. The molecule has 160 valence electrons. The van der Waals surface area contributed by atoms with Crippen LogP contribution in [-0.2, 0) is 39.3 Å². The van der Waals surface area contributed by atoms with Crippen LogP contribution in [0.1, 0.15) is 38.5 Å². The van der Waals surface area contributed by atoms with Crippen molar-refractivity contribution in [2.45, 2.75) is 38.5 Å². The Morgan fingerprint density at radius 1 is 0.786 bits per heavy atom. The monoisotopic (exact) mass is 440 g/mol. The molecule has 4 bridgehead atoms. The summed E-state index contributed by atoms with van der Waals surface area (Å²) in [7, 11) is -8.49. The van der Waals surface area contributed by atoms with Crippen molar-refractivity contribution in [2.24, 2.45) is 22.7 Å². The van der Waals surface area contributed by atoms with Crippen molar-refractivity contribution in [3.8, 4) is 0 Å². The molecule has 0 atom stereocenters. The maximum Gasteiger partial charge on any atom is 0.312 e. The molecule has 4 rings (SSSR count). The van der Waals surface area contributed by atoms with E-state index in [1.807, 2.05) is 0 Å². The van der Waals surface area contributed by atoms with E-state index in [9.17, 15) is 26.4 Å². The zero-order valence-corrected chi connectivity index (χ0v) is 16.8. The number of ether oxygens (including phenoxy) is 2. The molecule has 4 aliphatic rings. The predicted molar refractivity (Wildman–Crippen MR) is 94.3 cm³/mol. The van der Waals surface area contributed by atoms with Gasteiger partial charge in [0.2, 0.25) is 0 Å². The molecule has 0 spiro atoms. The summed E-state index contributed by atoms with van der Waals surface area (Å²) in [4.78, 5) is 25.5. The minimum atomic E-state index is -4.24. The average molecular weight is 440 g/mol. The molecule has 4 fully saturated rings. The van der Waals surface area contributed by atoms with E-state index in [1.165, 1.54) is 0 Å². The standard InChI is InChI=1S/C16H24O10S2/c17-13(25-1-3-27(19,20)21)15-6-11-5-12(7-15)9-16(8-11,10-15)14(18)26-2-4-28(22,23)24/h11-12H,1-10H2,(H,19,20,21)(H,22,23,24). The first-order valence-corrected chi connectivity index (χ1v) is 12.3. The Bertz CT molecular complexity index is 778. The maximum atomic E-state index is 12.7. The Labute approximate surface area is 163 Å². The summed E-state index contributed by atoms with van der Waals surface area (Å²) in [5.41, 5.74) is -1.79. The molecule has 0 amide bonds. The fourth-order valence-electron chi connectivity index (χ4n) is 5.53. The van der Waals surface area contributed by atoms with Gasteiger partial charge in [-0.1, -0.05) is 0 Å². The number of rotatable bonds is 8. The van der Waals surface area contributed by atoms with Crippen LogP contribution < -0.4 is 0 Å². The number of esters is 2. The second kappa shape index (κ2) is 7.22. The summed E-state index contributed by atoms with van der Waals surface area (Å²) in [5.74, 6) is -2.26. The van der Waals surface area contributed by atoms with Crippen LogP contribution in [0.25, 0.3) is 0 Å². The lowest BCUT2D eigenvalue weighted by atomic mass is 9.44. The average Bonchev–Trinajstić information content (AvgIpc) is 2.51. The Kier molecular flexibility index (Phi) is 5.54. The van der Waals surface area contributed by atoms with Crippen molar-refractivity contribution in [1.82, 2.24) is 0 Å². The van der Waals surface area contributed by atoms with E-state index in [2.05, 4.69) is 0 Å². The van der Waals surface area contributed by atoms with Crippen molar-refractivity contribution >= 4 is 32.2 Å². The van der Waals surface area contributed by atoms with E-state index in [-0.39, 0.29) is 18.3 Å². The van der Waals surface area contributed by atoms with E-state index < -0.39 is 67.7 Å². The molecule has 0 radical (unpaired) electrons. The lowest BCUT2D eigenvalue weighted by molar-refractivity contribution is -0.193. The zero-order chi connectivity index (χ0) is 20.8. The molecule has 0 aromatic heterocycles. The Morgan fingerprint density at radius 3 is 1.46 bits per heavy atom. The van der Waals surface area contributed by atoms with Gasteiger partial charge in [0.1, 0.15) is 24.7 Å². The highest BCUT2D eigenvalue weighted by Crippen LogP contribution is 2.65. The molecule has 0 aliphatic heterocycles. The maximum absolute atomic E-state index is 12.7. The van der Waals surface area contributed by atoms with Crippen LogP contribution in [0.4, 0.5) is 0 Å². The van der Waals surface area contributed by atoms with Crippen molar-refractivity contribution in [2.75, 3.05) is 24.7 Å². The minimum Gasteiger partial charge on any atom is -0.464 e. The molecule has 0 saturated heterocycles. The topological polar surface area (TPSA) is 161 Å². The second-order valence-corrected chi connectivity index (χ2v) is 11.5. The Balaban J connectivity index is 1.70. The van der Waals surface area contributed by atoms with Gasteiger partial charge in [-0.05, 0) is 50.4 Å². The zero-order valence-electron chi connectivity index (χ0n) is 15.2. The third-order valence-corrected chi connectivity index (χ3v) is 7.44. The number of carbonyl (C=O) groups is 2. The summed E-state index contributed by atoms with van der Waals surface area (Å²) in [6.45, 7) is -0.916. The van der Waals surface area contributed by atoms with Crippen LogP contribution in [-0.4, -0.2) is 62.6 Å². The number of hydrogen-bond acceptors (Lipinski definition) is 8. The number of carbonyl (C=O) groups excluding carboxylic acids is 2. The molecule has 28 heavy (non-hydrogen) atoms. The molecule has 0 unspecified atom stereocenters. The van der Waals surface area contributed by atoms with Gasteiger partial charge in [-0.25, -0.2) is 0 Å². The van der Waals surface area contributed by atoms with Crippen LogP contribution in [0.15, 0.2) is 0 Å². The lowest BCUT2D eigenvalue weighted by Gasteiger charge is -2.59. The smallest absolute Gasteiger partial charge is 0.312 e. The second-order valence-electron chi connectivity index (χ2n) is 8.37. The first-order chi connectivity index (χ1) is 12.8. The van der Waals surface area contributed by atoms with Gasteiger partial charge < -0.3 is 9.47 Å². The highest BCUT2D eigenvalue weighted by Gasteiger charge is 2.64. The Morgan fingerprint density at radius 2 is 1.14 bits per heavy atom. The van der Waals surface area contributed by atoms with Gasteiger partial charge in [0.15, 0.2) is 0 Å². The number of hydrogen-bond donors (Lipinski definition) is 2. The highest BCUT2D eigenvalue weighted by molar-refractivity contribution is 7.86. The fraction of sp³-hybridized carbons (Fsp3) is 0.875. The molecule has 2 N–H and O–H groups in total. The van der Waals surface area contributed by atoms with E-state index in [4.69, 9.17) is 18.6 Å². The van der Waals surface area contributed by atoms with Crippen LogP contribution >= 0.6 is 0 Å². The van der Waals surface area contributed by atoms with Crippen molar-refractivity contribution in [3.05, 3.63) is 0 Å². The first kappa shape index (κ1) is 21.5. The van der Waals surface area contributed by atoms with Gasteiger partial charge in [0.05, 0.1) is 10.8 Å². The van der Waals surface area contributed by atoms with Crippen molar-refractivity contribution in [1.29, 1.82) is 0 Å². The van der Waals surface area contributed by atoms with E-state index in [0.29, 0.717) is 25.7 Å². The predicted octanol–water partition coefficient (Wildman–Crippen LogP) is 0.435. The minimum absolute atomic E-state index is 0.129. The quantitative estimate of drug-likeness (QED) is 0.400. The van der Waals surface area contributed by atoms with Gasteiger partial charge in [-0.2, -0.15) is 16.8 Å². The summed E-state index contributed by atoms with van der Waals surface area (Å²) in [6.07, 6.45) is 3.30. The summed E-state index contributed by atoms with van der Waals surface area (Å²) < 4.78 is 71.0. The summed E-state index contributed by atoms with van der Waals surface area (Å²) in [6, 6.07) is 0. The van der Waals surface area contributed by atoms with E-state index >= 15 is 0 Å². The van der Waals surface area contributed by atoms with Crippen LogP contribution in [0.5, 0.6) is 0 Å². The first-order valence-electron chi connectivity index (χ1n) is 9.07. The van der Waals surface area contributed by atoms with E-state index in [0.717, 1.165) is 6.42 Å². The molecular weight excluding hydrogens is 416 g/mol. The van der Waals surface area contributed by atoms with Gasteiger partial charge >= 0.3 is 11.9 Å². The molecule has 10 nitrogen and oxygen atoms in total. The van der Waals surface area contributed by atoms with Gasteiger partial charge in [0, 0.05) is 0 Å². The van der Waals surface area contributed by atoms with Crippen LogP contribution in [0, 0.1) is 22.7 Å². The van der Waals surface area contributed by atoms with E-state index in [1.54, 1.807) is 0 Å². The molecule has 4 aliphatic carbocycles. The molecule has 0 aromatic rings. The van der Waals surface area contributed by atoms with Crippen LogP contribution in [0.3, 0.4) is 0 Å². The summed E-state index contributed by atoms with van der Waals surface area (Å²) >= 11 is 0. The lowest BCUT2D eigenvalue weighted by Crippen LogP contribution is -2.58. The van der Waals surface area contributed by atoms with Crippen molar-refractivity contribution in [3.63, 3.8) is 0 Å². The third kappa shape index (κ3) is 4.66. The largest absolute Gasteiger partial charge is 0.464 e. The van der Waals surface area contributed by atoms with Gasteiger partial charge in [-0.3, -0.25) is 18.7 Å². The molecule has 4 saturated carbocycles. The molecule has 0 heterocycles. The van der Waals surface area contributed by atoms with Gasteiger partial charge in [0.25, 0.3) is 20.2 Å². The van der Waals surface area contributed by atoms with Crippen molar-refractivity contribution < 1.29 is 45.0 Å². The molecule has 12 heteroatoms. The Hall–Kier alpha value is -1.24. The summed E-state index contributed by atoms with van der Waals surface area (Å²) in [5, 5.41) is 0. The molecule has 0 aromatic carbocycles. The van der Waals surface area contributed by atoms with Crippen LogP contribution in [0.2, 0.25) is 0 Å². The van der Waals surface area contributed by atoms with Gasteiger partial charge in [-0.15, -0.1) is 0 Å². The molecular formula is C16H24O10S2. The normalized spacial score (nSPS) is 34.2. The highest BCUT2D eigenvalue weighted by atomic mass is 32.2.